The van der Waals surface area contributed by atoms with E-state index in [-0.39, 0.29) is 17.2 Å². The number of hydrogen-bond donors (Lipinski definition) is 1. The molecule has 1 amide bonds. The number of aromatic nitrogens is 3. The van der Waals surface area contributed by atoms with Gasteiger partial charge in [0.15, 0.2) is 11.0 Å². The maximum atomic E-state index is 13.9. The van der Waals surface area contributed by atoms with Crippen LogP contribution in [0.15, 0.2) is 66.3 Å². The quantitative estimate of drug-likeness (QED) is 0.439. The minimum absolute atomic E-state index is 0.0806. The van der Waals surface area contributed by atoms with Gasteiger partial charge in [-0.05, 0) is 13.0 Å². The van der Waals surface area contributed by atoms with Gasteiger partial charge >= 0.3 is 0 Å². The lowest BCUT2D eigenvalue weighted by atomic mass is 10.1. The first-order valence-electron chi connectivity index (χ1n) is 8.96. The van der Waals surface area contributed by atoms with Crippen molar-refractivity contribution in [2.24, 2.45) is 0 Å². The average Bonchev–Trinajstić information content (AvgIpc) is 3.10. The van der Waals surface area contributed by atoms with Crippen LogP contribution in [-0.2, 0) is 11.3 Å². The van der Waals surface area contributed by atoms with Crippen LogP contribution in [-0.4, -0.2) is 26.4 Å². The number of allylic oxidation sites excluding steroid dienone is 1. The molecule has 5 nitrogen and oxygen atoms in total. The maximum Gasteiger partial charge on any atom is 0.230 e. The molecule has 0 radical (unpaired) electrons. The van der Waals surface area contributed by atoms with Gasteiger partial charge in [-0.25, -0.2) is 8.78 Å². The number of amides is 1. The Morgan fingerprint density at radius 1 is 1.24 bits per heavy atom. The Morgan fingerprint density at radius 2 is 2.00 bits per heavy atom. The molecule has 1 N–H and O–H groups in total. The van der Waals surface area contributed by atoms with Gasteiger partial charge in [-0.1, -0.05) is 54.2 Å². The molecule has 3 rings (SSSR count). The molecule has 0 unspecified atom stereocenters. The van der Waals surface area contributed by atoms with E-state index in [9.17, 15) is 13.6 Å². The van der Waals surface area contributed by atoms with E-state index < -0.39 is 17.7 Å². The fourth-order valence-corrected chi connectivity index (χ4v) is 3.59. The summed E-state index contributed by atoms with van der Waals surface area (Å²) >= 11 is 1.23. The first kappa shape index (κ1) is 20.7. The van der Waals surface area contributed by atoms with Crippen LogP contribution in [0.5, 0.6) is 0 Å². The second-order valence-electron chi connectivity index (χ2n) is 6.32. The van der Waals surface area contributed by atoms with Crippen LogP contribution in [0.4, 0.5) is 8.78 Å². The molecule has 0 spiro atoms. The van der Waals surface area contributed by atoms with Gasteiger partial charge in [-0.15, -0.1) is 16.8 Å². The summed E-state index contributed by atoms with van der Waals surface area (Å²) < 4.78 is 28.8. The number of nitrogens with zero attached hydrogens (tertiary/aromatic N) is 3. The van der Waals surface area contributed by atoms with Crippen LogP contribution < -0.4 is 5.32 Å². The third-order valence-corrected chi connectivity index (χ3v) is 5.17. The van der Waals surface area contributed by atoms with Crippen LogP contribution in [0.3, 0.4) is 0 Å². The number of thioether (sulfide) groups is 1. The molecule has 150 valence electrons. The smallest absolute Gasteiger partial charge is 0.230 e. The first-order chi connectivity index (χ1) is 14.0. The zero-order chi connectivity index (χ0) is 20.8. The third kappa shape index (κ3) is 5.08. The summed E-state index contributed by atoms with van der Waals surface area (Å²) in [7, 11) is 0. The summed E-state index contributed by atoms with van der Waals surface area (Å²) in [6.45, 7) is 5.91. The lowest BCUT2D eigenvalue weighted by Crippen LogP contribution is -2.28. The van der Waals surface area contributed by atoms with E-state index in [1.807, 2.05) is 34.9 Å². The van der Waals surface area contributed by atoms with E-state index >= 15 is 0 Å². The number of carbonyl (C=O) groups is 1. The van der Waals surface area contributed by atoms with E-state index in [1.54, 1.807) is 13.0 Å². The Labute approximate surface area is 171 Å². The number of nitrogens with one attached hydrogen (secondary N) is 1. The topological polar surface area (TPSA) is 59.8 Å². The molecular formula is C21H20F2N4OS. The van der Waals surface area contributed by atoms with E-state index in [0.717, 1.165) is 11.6 Å². The molecule has 8 heteroatoms. The maximum absolute atomic E-state index is 13.9. The molecule has 0 aliphatic rings. The Hall–Kier alpha value is -3.00. The van der Waals surface area contributed by atoms with Gasteiger partial charge in [0, 0.05) is 23.7 Å². The number of hydrogen-bond acceptors (Lipinski definition) is 4. The van der Waals surface area contributed by atoms with Crippen LogP contribution in [0.1, 0.15) is 18.5 Å². The molecule has 0 saturated heterocycles. The summed E-state index contributed by atoms with van der Waals surface area (Å²) in [6, 6.07) is 12.3. The summed E-state index contributed by atoms with van der Waals surface area (Å²) in [5.41, 5.74) is 1.14. The zero-order valence-electron chi connectivity index (χ0n) is 15.8. The zero-order valence-corrected chi connectivity index (χ0v) is 16.6. The van der Waals surface area contributed by atoms with Gasteiger partial charge < -0.3 is 5.32 Å². The predicted octanol–water partition coefficient (Wildman–Crippen LogP) is 4.38. The van der Waals surface area contributed by atoms with Crippen LogP contribution in [0.25, 0.3) is 11.4 Å². The molecular weight excluding hydrogens is 394 g/mol. The average molecular weight is 414 g/mol. The molecule has 0 fully saturated rings. The molecule has 1 atom stereocenters. The van der Waals surface area contributed by atoms with Gasteiger partial charge in [0.25, 0.3) is 0 Å². The SMILES string of the molecule is C=CCn1c(SCC(=O)N[C@@H](C)c2ccc(F)cc2F)nnc1-c1ccccc1. The minimum Gasteiger partial charge on any atom is -0.349 e. The second-order valence-corrected chi connectivity index (χ2v) is 7.26. The number of rotatable bonds is 8. The van der Waals surface area contributed by atoms with Crippen LogP contribution >= 0.6 is 11.8 Å². The molecule has 1 aromatic heterocycles. The Balaban J connectivity index is 1.67. The Kier molecular flexibility index (Phi) is 6.77. The molecule has 29 heavy (non-hydrogen) atoms. The van der Waals surface area contributed by atoms with Gasteiger partial charge in [0.1, 0.15) is 11.6 Å². The number of carbonyl (C=O) groups excluding carboxylic acids is 1. The molecule has 2 aromatic carbocycles. The van der Waals surface area contributed by atoms with Gasteiger partial charge in [0.2, 0.25) is 5.91 Å². The summed E-state index contributed by atoms with van der Waals surface area (Å²) in [5.74, 6) is -0.868. The summed E-state index contributed by atoms with van der Waals surface area (Å²) in [5, 5.41) is 11.7. The predicted molar refractivity (Wildman–Crippen MR) is 109 cm³/mol. The highest BCUT2D eigenvalue weighted by atomic mass is 32.2. The normalized spacial score (nSPS) is 11.8. The van der Waals surface area contributed by atoms with Crippen molar-refractivity contribution >= 4 is 17.7 Å². The van der Waals surface area contributed by atoms with Crippen molar-refractivity contribution in [1.29, 1.82) is 0 Å². The van der Waals surface area contributed by atoms with Crippen LogP contribution in [0.2, 0.25) is 0 Å². The van der Waals surface area contributed by atoms with Crippen molar-refractivity contribution < 1.29 is 13.6 Å². The fraction of sp³-hybridized carbons (Fsp3) is 0.190. The van der Waals surface area contributed by atoms with Crippen molar-refractivity contribution in [1.82, 2.24) is 20.1 Å². The number of benzene rings is 2. The van der Waals surface area contributed by atoms with Crippen molar-refractivity contribution in [3.05, 3.63) is 78.4 Å². The van der Waals surface area contributed by atoms with E-state index in [4.69, 9.17) is 0 Å². The largest absolute Gasteiger partial charge is 0.349 e. The molecule has 3 aromatic rings. The van der Waals surface area contributed by atoms with Crippen LogP contribution in [0, 0.1) is 11.6 Å². The molecule has 1 heterocycles. The lowest BCUT2D eigenvalue weighted by Gasteiger charge is -2.15. The monoisotopic (exact) mass is 414 g/mol. The molecule has 0 aliphatic heterocycles. The first-order valence-corrected chi connectivity index (χ1v) is 9.94. The van der Waals surface area contributed by atoms with Crippen molar-refractivity contribution in [2.75, 3.05) is 5.75 Å². The van der Waals surface area contributed by atoms with E-state index in [1.165, 1.54) is 23.9 Å². The lowest BCUT2D eigenvalue weighted by molar-refractivity contribution is -0.119. The number of halogens is 2. The van der Waals surface area contributed by atoms with Crippen molar-refractivity contribution in [3.63, 3.8) is 0 Å². The summed E-state index contributed by atoms with van der Waals surface area (Å²) in [6.07, 6.45) is 1.74. The highest BCUT2D eigenvalue weighted by Gasteiger charge is 2.17. The summed E-state index contributed by atoms with van der Waals surface area (Å²) in [4.78, 5) is 12.3. The minimum atomic E-state index is -0.691. The molecule has 0 bridgehead atoms. The highest BCUT2D eigenvalue weighted by molar-refractivity contribution is 7.99. The molecule has 0 saturated carbocycles. The van der Waals surface area contributed by atoms with Crippen molar-refractivity contribution in [2.45, 2.75) is 24.7 Å². The highest BCUT2D eigenvalue weighted by Crippen LogP contribution is 2.24. The standard InChI is InChI=1S/C21H20F2N4OS/c1-3-11-27-20(15-7-5-4-6-8-15)25-26-21(27)29-13-19(28)24-14(2)17-10-9-16(22)12-18(17)23/h3-10,12,14H,1,11,13H2,2H3,(H,24,28)/t14-/m0/s1. The van der Waals surface area contributed by atoms with Gasteiger partial charge in [0.05, 0.1) is 11.8 Å². The molecule has 0 aliphatic carbocycles. The van der Waals surface area contributed by atoms with Crippen molar-refractivity contribution in [3.8, 4) is 11.4 Å². The third-order valence-electron chi connectivity index (χ3n) is 4.20. The van der Waals surface area contributed by atoms with Gasteiger partial charge in [-0.2, -0.15) is 0 Å². The Morgan fingerprint density at radius 3 is 2.69 bits per heavy atom. The van der Waals surface area contributed by atoms with E-state index in [2.05, 4.69) is 22.1 Å². The van der Waals surface area contributed by atoms with E-state index in [0.29, 0.717) is 17.5 Å². The fourth-order valence-electron chi connectivity index (χ4n) is 2.83. The van der Waals surface area contributed by atoms with Gasteiger partial charge in [-0.3, -0.25) is 9.36 Å². The second kappa shape index (κ2) is 9.47. The Bertz CT molecular complexity index is 1010.